The number of ether oxygens (including phenoxy) is 4. The third-order valence-electron chi connectivity index (χ3n) is 8.40. The van der Waals surface area contributed by atoms with Crippen LogP contribution >= 0.6 is 0 Å². The lowest BCUT2D eigenvalue weighted by Crippen LogP contribution is -2.27. The van der Waals surface area contributed by atoms with Crippen molar-refractivity contribution in [3.05, 3.63) is 113 Å². The normalized spacial score (nSPS) is 11.8. The highest BCUT2D eigenvalue weighted by Gasteiger charge is 2.38. The van der Waals surface area contributed by atoms with Crippen LogP contribution in [-0.4, -0.2) is 69.2 Å². The number of benzene rings is 4. The Morgan fingerprint density at radius 3 is 1.80 bits per heavy atom. The molecule has 0 aliphatic carbocycles. The summed E-state index contributed by atoms with van der Waals surface area (Å²) in [4.78, 5) is 17.3. The molecule has 0 fully saturated rings. The quantitative estimate of drug-likeness (QED) is 0.0771. The van der Waals surface area contributed by atoms with E-state index < -0.39 is 52.4 Å². The molecule has 1 heterocycles. The van der Waals surface area contributed by atoms with Gasteiger partial charge in [0.25, 0.3) is 5.91 Å². The smallest absolute Gasteiger partial charge is 0.416 e. The Hall–Kier alpha value is -5.52. The van der Waals surface area contributed by atoms with Crippen LogP contribution in [0.1, 0.15) is 27.0 Å². The van der Waals surface area contributed by atoms with E-state index in [1.165, 1.54) is 67.3 Å². The van der Waals surface area contributed by atoms with Crippen molar-refractivity contribution in [2.45, 2.75) is 18.9 Å². The van der Waals surface area contributed by atoms with Crippen LogP contribution < -0.4 is 20.5 Å². The minimum absolute atomic E-state index is 0.0291. The average Bonchev–Trinajstić information content (AvgIpc) is 3.53. The second kappa shape index (κ2) is 18.0. The van der Waals surface area contributed by atoms with Crippen LogP contribution in [0.5, 0.6) is 11.5 Å². The van der Waals surface area contributed by atoms with E-state index in [9.17, 15) is 31.1 Å². The number of carbonyl (C=O) groups excluding carboxylic acids is 1. The highest BCUT2D eigenvalue weighted by Crippen LogP contribution is 2.43. The van der Waals surface area contributed by atoms with Crippen molar-refractivity contribution in [3.8, 4) is 45.4 Å². The van der Waals surface area contributed by atoms with E-state index in [2.05, 4.69) is 10.3 Å². The van der Waals surface area contributed by atoms with E-state index in [1.54, 1.807) is 0 Å². The molecule has 0 spiro atoms. The third-order valence-corrected chi connectivity index (χ3v) is 8.40. The largest absolute Gasteiger partial charge is 0.497 e. The number of nitrogens with zero attached hydrogens (tertiary/aromatic N) is 2. The van der Waals surface area contributed by atoms with Crippen molar-refractivity contribution in [1.29, 1.82) is 0 Å². The monoisotopic (exact) mass is 792 g/mol. The number of methoxy groups -OCH3 is 2. The molecule has 17 heteroatoms. The van der Waals surface area contributed by atoms with E-state index in [-0.39, 0.29) is 65.3 Å². The Balaban J connectivity index is 1.64. The van der Waals surface area contributed by atoms with Crippen molar-refractivity contribution < 1.29 is 58.9 Å². The van der Waals surface area contributed by atoms with Crippen molar-refractivity contribution in [2.24, 2.45) is 5.73 Å². The van der Waals surface area contributed by atoms with E-state index in [0.29, 0.717) is 44.1 Å². The van der Waals surface area contributed by atoms with Gasteiger partial charge in [-0.15, -0.1) is 0 Å². The van der Waals surface area contributed by atoms with Crippen LogP contribution in [0.15, 0.2) is 78.9 Å². The summed E-state index contributed by atoms with van der Waals surface area (Å²) in [6.45, 7) is 1.45. The van der Waals surface area contributed by atoms with Crippen LogP contribution in [0.3, 0.4) is 0 Å². The van der Waals surface area contributed by atoms with Crippen LogP contribution in [0.4, 0.5) is 35.1 Å². The van der Waals surface area contributed by atoms with Crippen LogP contribution in [0.25, 0.3) is 33.9 Å². The standard InChI is InChI=1S/C39H36F8N4O5/c1-53-28-7-9-30(32(40)20-28)34-35(31-10-8-29(54-2)21-33(31)41)51(36(50-34)25-17-26(38(42,43)44)19-27(18-25)39(45,46)47)22-23-3-5-24(6-4-23)37(52)49-12-14-56-16-15-55-13-11-48/h3-10,17-21H,11-16,22,48H2,1-2H3,(H,49,52). The molecule has 1 amide bonds. The van der Waals surface area contributed by atoms with Crippen LogP contribution in [0.2, 0.25) is 0 Å². The highest BCUT2D eigenvalue weighted by atomic mass is 19.4. The minimum Gasteiger partial charge on any atom is -0.497 e. The Labute approximate surface area is 316 Å². The van der Waals surface area contributed by atoms with Crippen molar-refractivity contribution in [2.75, 3.05) is 53.7 Å². The highest BCUT2D eigenvalue weighted by molar-refractivity contribution is 5.94. The summed E-state index contributed by atoms with van der Waals surface area (Å²) in [5.41, 5.74) is 1.15. The average molecular weight is 793 g/mol. The summed E-state index contributed by atoms with van der Waals surface area (Å²) >= 11 is 0. The van der Waals surface area contributed by atoms with Crippen molar-refractivity contribution in [3.63, 3.8) is 0 Å². The summed E-state index contributed by atoms with van der Waals surface area (Å²) in [5, 5.41) is 2.70. The Morgan fingerprint density at radius 1 is 0.732 bits per heavy atom. The summed E-state index contributed by atoms with van der Waals surface area (Å²) in [5.74, 6) is -2.56. The summed E-state index contributed by atoms with van der Waals surface area (Å²) in [7, 11) is 2.58. The molecule has 5 rings (SSSR count). The van der Waals surface area contributed by atoms with Gasteiger partial charge in [0.05, 0.1) is 57.5 Å². The maximum atomic E-state index is 16.0. The predicted molar refractivity (Wildman–Crippen MR) is 190 cm³/mol. The second-order valence-corrected chi connectivity index (χ2v) is 12.2. The first kappa shape index (κ1) is 41.6. The first-order valence-corrected chi connectivity index (χ1v) is 17.0. The molecule has 0 aliphatic heterocycles. The fourth-order valence-corrected chi connectivity index (χ4v) is 5.69. The molecule has 298 valence electrons. The number of imidazole rings is 1. The summed E-state index contributed by atoms with van der Waals surface area (Å²) in [6, 6.07) is 14.1. The predicted octanol–water partition coefficient (Wildman–Crippen LogP) is 7.99. The fourth-order valence-electron chi connectivity index (χ4n) is 5.69. The van der Waals surface area contributed by atoms with Gasteiger partial charge in [-0.3, -0.25) is 4.79 Å². The number of alkyl halides is 6. The Morgan fingerprint density at radius 2 is 1.29 bits per heavy atom. The summed E-state index contributed by atoms with van der Waals surface area (Å²) in [6.07, 6.45) is -10.4. The van der Waals surface area contributed by atoms with Gasteiger partial charge in [-0.05, 0) is 60.2 Å². The number of aromatic nitrogens is 2. The molecule has 0 saturated heterocycles. The number of hydrogen-bond donors (Lipinski definition) is 2. The van der Waals surface area contributed by atoms with E-state index in [1.807, 2.05) is 0 Å². The maximum Gasteiger partial charge on any atom is 0.416 e. The Kier molecular flexibility index (Phi) is 13.4. The van der Waals surface area contributed by atoms with Crippen LogP contribution in [0, 0.1) is 11.6 Å². The molecule has 0 aliphatic rings. The molecule has 0 atom stereocenters. The molecule has 9 nitrogen and oxygen atoms in total. The number of nitrogens with one attached hydrogen (secondary N) is 1. The minimum atomic E-state index is -5.20. The van der Waals surface area contributed by atoms with E-state index in [4.69, 9.17) is 24.7 Å². The topological polar surface area (TPSA) is 110 Å². The maximum absolute atomic E-state index is 16.0. The zero-order valence-electron chi connectivity index (χ0n) is 30.0. The summed E-state index contributed by atoms with van der Waals surface area (Å²) < 4.78 is 138. The zero-order valence-corrected chi connectivity index (χ0v) is 30.0. The molecular formula is C39H36F8N4O5. The first-order valence-electron chi connectivity index (χ1n) is 17.0. The van der Waals surface area contributed by atoms with Gasteiger partial charge in [-0.25, -0.2) is 13.8 Å². The number of carbonyl (C=O) groups is 1. The third kappa shape index (κ3) is 10.0. The van der Waals surface area contributed by atoms with Gasteiger partial charge < -0.3 is 34.6 Å². The molecule has 3 N–H and O–H groups in total. The molecule has 0 bridgehead atoms. The molecule has 4 aromatic carbocycles. The van der Waals surface area contributed by atoms with Crippen molar-refractivity contribution in [1.82, 2.24) is 14.9 Å². The molecule has 0 saturated carbocycles. The molecule has 1 aromatic heterocycles. The van der Waals surface area contributed by atoms with Crippen molar-refractivity contribution >= 4 is 5.91 Å². The lowest BCUT2D eigenvalue weighted by atomic mass is 10.0. The van der Waals surface area contributed by atoms with Crippen LogP contribution in [-0.2, 0) is 28.4 Å². The molecule has 0 radical (unpaired) electrons. The Bertz CT molecular complexity index is 2100. The number of halogens is 8. The van der Waals surface area contributed by atoms with Gasteiger partial charge in [0.1, 0.15) is 34.7 Å². The molecule has 5 aromatic rings. The van der Waals surface area contributed by atoms with Gasteiger partial charge in [0.2, 0.25) is 0 Å². The first-order chi connectivity index (χ1) is 26.6. The number of rotatable bonds is 16. The molecule has 56 heavy (non-hydrogen) atoms. The number of nitrogens with two attached hydrogens (primary N) is 1. The van der Waals surface area contributed by atoms with Gasteiger partial charge >= 0.3 is 12.4 Å². The molecular weight excluding hydrogens is 756 g/mol. The number of amides is 1. The lowest BCUT2D eigenvalue weighted by Gasteiger charge is -2.17. The molecule has 0 unspecified atom stereocenters. The zero-order chi connectivity index (χ0) is 40.6. The SMILES string of the molecule is COc1ccc(-c2nc(-c3cc(C(F)(F)F)cc(C(F)(F)F)c3)n(Cc3ccc(C(=O)NCCOCCOCCN)cc3)c2-c2ccc(OC)cc2F)c(F)c1. The van der Waals surface area contributed by atoms with Gasteiger partial charge in [-0.1, -0.05) is 12.1 Å². The van der Waals surface area contributed by atoms with E-state index in [0.717, 1.165) is 12.1 Å². The van der Waals surface area contributed by atoms with Gasteiger partial charge in [0.15, 0.2) is 0 Å². The van der Waals surface area contributed by atoms with Gasteiger partial charge in [-0.2, -0.15) is 26.3 Å². The van der Waals surface area contributed by atoms with E-state index >= 15 is 8.78 Å². The lowest BCUT2D eigenvalue weighted by molar-refractivity contribution is -0.143. The number of hydrogen-bond acceptors (Lipinski definition) is 7. The fraction of sp³-hybridized carbons (Fsp3) is 0.282. The second-order valence-electron chi connectivity index (χ2n) is 12.2. The van der Waals surface area contributed by atoms with Gasteiger partial charge in [0, 0.05) is 54.0 Å².